The zero-order valence-corrected chi connectivity index (χ0v) is 12.5. The van der Waals surface area contributed by atoms with Crippen LogP contribution in [0, 0.1) is 11.3 Å². The third-order valence-electron chi connectivity index (χ3n) is 3.33. The molecule has 0 aliphatic rings. The summed E-state index contributed by atoms with van der Waals surface area (Å²) in [5.74, 6) is 1.72. The molecule has 0 unspecified atom stereocenters. The largest absolute Gasteiger partial charge is 0.489 e. The molecule has 2 aromatic carbocycles. The van der Waals surface area contributed by atoms with Gasteiger partial charge in [0.15, 0.2) is 11.5 Å². The highest BCUT2D eigenvalue weighted by Crippen LogP contribution is 2.25. The van der Waals surface area contributed by atoms with E-state index >= 15 is 0 Å². The Kier molecular flexibility index (Phi) is 3.80. The molecule has 0 fully saturated rings. The minimum Gasteiger partial charge on any atom is -0.489 e. The van der Waals surface area contributed by atoms with E-state index in [1.807, 2.05) is 50.2 Å². The molecule has 22 heavy (non-hydrogen) atoms. The fourth-order valence-electron chi connectivity index (χ4n) is 2.16. The van der Waals surface area contributed by atoms with Gasteiger partial charge >= 0.3 is 0 Å². The molecule has 3 aromatic rings. The number of nitrogens with zero attached hydrogens (tertiary/aromatic N) is 2. The zero-order chi connectivity index (χ0) is 15.5. The molecule has 1 heterocycles. The van der Waals surface area contributed by atoms with Crippen LogP contribution in [0.1, 0.15) is 36.8 Å². The summed E-state index contributed by atoms with van der Waals surface area (Å²) in [6.45, 7) is 4.50. The molecule has 0 atom stereocenters. The molecule has 0 aliphatic heterocycles. The van der Waals surface area contributed by atoms with E-state index in [1.165, 1.54) is 0 Å². The molecule has 0 bridgehead atoms. The molecular weight excluding hydrogens is 276 g/mol. The van der Waals surface area contributed by atoms with Gasteiger partial charge in [-0.2, -0.15) is 5.26 Å². The third kappa shape index (κ3) is 2.94. The van der Waals surface area contributed by atoms with Gasteiger partial charge in [-0.1, -0.05) is 26.0 Å². The summed E-state index contributed by atoms with van der Waals surface area (Å²) in [6.07, 6.45) is 0. The smallest absolute Gasteiger partial charge is 0.198 e. The Morgan fingerprint density at radius 1 is 1.23 bits per heavy atom. The summed E-state index contributed by atoms with van der Waals surface area (Å²) in [7, 11) is 0. The van der Waals surface area contributed by atoms with Gasteiger partial charge in [0.2, 0.25) is 0 Å². The van der Waals surface area contributed by atoms with Crippen LogP contribution in [0.15, 0.2) is 46.9 Å². The van der Waals surface area contributed by atoms with Crippen molar-refractivity contribution in [1.29, 1.82) is 5.26 Å². The Labute approximate surface area is 129 Å². The average molecular weight is 292 g/mol. The molecular formula is C18H16N2O2. The lowest BCUT2D eigenvalue weighted by Crippen LogP contribution is -1.95. The van der Waals surface area contributed by atoms with Crippen LogP contribution in [0.25, 0.3) is 11.1 Å². The van der Waals surface area contributed by atoms with Crippen LogP contribution >= 0.6 is 0 Å². The van der Waals surface area contributed by atoms with E-state index in [-0.39, 0.29) is 5.92 Å². The van der Waals surface area contributed by atoms with Crippen molar-refractivity contribution in [2.75, 3.05) is 0 Å². The van der Waals surface area contributed by atoms with E-state index < -0.39 is 0 Å². The Morgan fingerprint density at radius 3 is 2.86 bits per heavy atom. The number of aromatic nitrogens is 1. The number of benzene rings is 2. The van der Waals surface area contributed by atoms with E-state index in [0.717, 1.165) is 28.3 Å². The van der Waals surface area contributed by atoms with Crippen LogP contribution in [0.3, 0.4) is 0 Å². The summed E-state index contributed by atoms with van der Waals surface area (Å²) in [4.78, 5) is 4.47. The molecule has 1 aromatic heterocycles. The maximum absolute atomic E-state index is 8.90. The SMILES string of the molecule is CC(C)c1nc2cc(OCc3cccc(C#N)c3)ccc2o1. The Balaban J connectivity index is 1.77. The second kappa shape index (κ2) is 5.90. The lowest BCUT2D eigenvalue weighted by Gasteiger charge is -2.06. The van der Waals surface area contributed by atoms with Gasteiger partial charge in [0.1, 0.15) is 17.9 Å². The van der Waals surface area contributed by atoms with E-state index in [2.05, 4.69) is 11.1 Å². The highest BCUT2D eigenvalue weighted by Gasteiger charge is 2.10. The zero-order valence-electron chi connectivity index (χ0n) is 12.5. The Hall–Kier alpha value is -2.80. The first-order valence-corrected chi connectivity index (χ1v) is 7.18. The van der Waals surface area contributed by atoms with Crippen molar-refractivity contribution in [2.24, 2.45) is 0 Å². The molecule has 0 amide bonds. The monoisotopic (exact) mass is 292 g/mol. The average Bonchev–Trinajstić information content (AvgIpc) is 2.96. The van der Waals surface area contributed by atoms with Crippen molar-refractivity contribution in [3.05, 3.63) is 59.5 Å². The number of oxazole rings is 1. The fraction of sp³-hybridized carbons (Fsp3) is 0.222. The van der Waals surface area contributed by atoms with Gasteiger partial charge in [-0.3, -0.25) is 0 Å². The standard InChI is InChI=1S/C18H16N2O2/c1-12(2)18-20-16-9-15(6-7-17(16)22-18)21-11-14-5-3-4-13(8-14)10-19/h3-9,12H,11H2,1-2H3. The number of fused-ring (bicyclic) bond motifs is 1. The Bertz CT molecular complexity index is 844. The van der Waals surface area contributed by atoms with E-state index in [4.69, 9.17) is 14.4 Å². The van der Waals surface area contributed by atoms with E-state index in [1.54, 1.807) is 6.07 Å². The molecule has 4 heteroatoms. The fourth-order valence-corrected chi connectivity index (χ4v) is 2.16. The van der Waals surface area contributed by atoms with Crippen molar-refractivity contribution in [3.8, 4) is 11.8 Å². The maximum Gasteiger partial charge on any atom is 0.198 e. The van der Waals surface area contributed by atoms with Crippen LogP contribution in [0.5, 0.6) is 5.75 Å². The molecule has 3 rings (SSSR count). The van der Waals surface area contributed by atoms with Crippen LogP contribution in [-0.2, 0) is 6.61 Å². The predicted octanol–water partition coefficient (Wildman–Crippen LogP) is 4.40. The number of nitriles is 1. The summed E-state index contributed by atoms with van der Waals surface area (Å²) < 4.78 is 11.5. The van der Waals surface area contributed by atoms with Crippen molar-refractivity contribution < 1.29 is 9.15 Å². The summed E-state index contributed by atoms with van der Waals surface area (Å²) in [5, 5.41) is 8.90. The van der Waals surface area contributed by atoms with Crippen LogP contribution in [-0.4, -0.2) is 4.98 Å². The van der Waals surface area contributed by atoms with Crippen molar-refractivity contribution in [1.82, 2.24) is 4.98 Å². The maximum atomic E-state index is 8.90. The lowest BCUT2D eigenvalue weighted by molar-refractivity contribution is 0.306. The third-order valence-corrected chi connectivity index (χ3v) is 3.33. The van der Waals surface area contributed by atoms with Gasteiger partial charge in [0, 0.05) is 12.0 Å². The number of ether oxygens (including phenoxy) is 1. The Morgan fingerprint density at radius 2 is 2.09 bits per heavy atom. The second-order valence-corrected chi connectivity index (χ2v) is 5.44. The molecule has 0 saturated carbocycles. The lowest BCUT2D eigenvalue weighted by atomic mass is 10.1. The summed E-state index contributed by atoms with van der Waals surface area (Å²) in [5.41, 5.74) is 3.16. The molecule has 0 N–H and O–H groups in total. The van der Waals surface area contributed by atoms with Gasteiger partial charge in [-0.05, 0) is 29.8 Å². The van der Waals surface area contributed by atoms with Gasteiger partial charge in [-0.15, -0.1) is 0 Å². The molecule has 0 saturated heterocycles. The minimum atomic E-state index is 0.255. The van der Waals surface area contributed by atoms with Crippen molar-refractivity contribution in [2.45, 2.75) is 26.4 Å². The molecule has 110 valence electrons. The van der Waals surface area contributed by atoms with Crippen molar-refractivity contribution >= 4 is 11.1 Å². The van der Waals surface area contributed by atoms with Crippen LogP contribution in [0.2, 0.25) is 0 Å². The number of rotatable bonds is 4. The topological polar surface area (TPSA) is 59.0 Å². The molecule has 0 radical (unpaired) electrons. The van der Waals surface area contributed by atoms with Gasteiger partial charge in [0.25, 0.3) is 0 Å². The molecule has 4 nitrogen and oxygen atoms in total. The molecule has 0 spiro atoms. The van der Waals surface area contributed by atoms with Crippen molar-refractivity contribution in [3.63, 3.8) is 0 Å². The predicted molar refractivity (Wildman–Crippen MR) is 83.6 cm³/mol. The first-order chi connectivity index (χ1) is 10.7. The summed E-state index contributed by atoms with van der Waals surface area (Å²) >= 11 is 0. The minimum absolute atomic E-state index is 0.255. The quantitative estimate of drug-likeness (QED) is 0.715. The van der Waals surface area contributed by atoms with Crippen LogP contribution in [0.4, 0.5) is 0 Å². The molecule has 0 aliphatic carbocycles. The van der Waals surface area contributed by atoms with E-state index in [9.17, 15) is 0 Å². The first-order valence-electron chi connectivity index (χ1n) is 7.18. The summed E-state index contributed by atoms with van der Waals surface area (Å²) in [6, 6.07) is 15.1. The van der Waals surface area contributed by atoms with Crippen LogP contribution < -0.4 is 4.74 Å². The normalized spacial score (nSPS) is 10.8. The highest BCUT2D eigenvalue weighted by molar-refractivity contribution is 5.74. The number of hydrogen-bond donors (Lipinski definition) is 0. The number of hydrogen-bond acceptors (Lipinski definition) is 4. The first kappa shape index (κ1) is 14.2. The second-order valence-electron chi connectivity index (χ2n) is 5.44. The van der Waals surface area contributed by atoms with E-state index in [0.29, 0.717) is 12.2 Å². The van der Waals surface area contributed by atoms with Gasteiger partial charge < -0.3 is 9.15 Å². The highest BCUT2D eigenvalue weighted by atomic mass is 16.5. The van der Waals surface area contributed by atoms with Gasteiger partial charge in [-0.25, -0.2) is 4.98 Å². The van der Waals surface area contributed by atoms with Gasteiger partial charge in [0.05, 0.1) is 11.6 Å².